The summed E-state index contributed by atoms with van der Waals surface area (Å²) in [6.07, 6.45) is 6.72. The van der Waals surface area contributed by atoms with E-state index in [9.17, 15) is 5.11 Å². The Bertz CT molecular complexity index is 450. The van der Waals surface area contributed by atoms with Gasteiger partial charge in [-0.3, -0.25) is 4.90 Å². The van der Waals surface area contributed by atoms with Gasteiger partial charge < -0.3 is 15.3 Å². The topological polar surface area (TPSA) is 64.5 Å². The average molecular weight is 307 g/mol. The maximum absolute atomic E-state index is 10.7. The second-order valence-electron chi connectivity index (χ2n) is 6.62. The summed E-state index contributed by atoms with van der Waals surface area (Å²) in [7, 11) is 4.01. The summed E-state index contributed by atoms with van der Waals surface area (Å²) in [5, 5.41) is 13.9. The molecule has 0 aliphatic carbocycles. The molecular weight excluding hydrogens is 278 g/mol. The highest BCUT2D eigenvalue weighted by Gasteiger charge is 2.33. The number of hydrogen-bond acceptors (Lipinski definition) is 6. The summed E-state index contributed by atoms with van der Waals surface area (Å²) in [6, 6.07) is 0. The van der Waals surface area contributed by atoms with Crippen LogP contribution in [0.25, 0.3) is 0 Å². The molecule has 22 heavy (non-hydrogen) atoms. The zero-order chi connectivity index (χ0) is 16.0. The van der Waals surface area contributed by atoms with Gasteiger partial charge in [0.25, 0.3) is 0 Å². The molecule has 6 nitrogen and oxygen atoms in total. The van der Waals surface area contributed by atoms with Crippen LogP contribution in [0.3, 0.4) is 0 Å². The highest BCUT2D eigenvalue weighted by Crippen LogP contribution is 2.23. The number of likely N-dealkylation sites (tertiary alicyclic amines) is 1. The van der Waals surface area contributed by atoms with Gasteiger partial charge in [-0.25, -0.2) is 9.97 Å². The molecule has 0 aromatic carbocycles. The lowest BCUT2D eigenvalue weighted by molar-refractivity contribution is -0.0480. The lowest BCUT2D eigenvalue weighted by Crippen LogP contribution is -2.52. The number of β-amino-alcohol motifs (C(OH)–C–C–N with tert-alkyl or cyclic N) is 1. The molecule has 2 N–H and O–H groups in total. The second kappa shape index (κ2) is 7.85. The predicted octanol–water partition coefficient (Wildman–Crippen LogP) is 1.19. The Balaban J connectivity index is 1.89. The van der Waals surface area contributed by atoms with E-state index in [-0.39, 0.29) is 0 Å². The van der Waals surface area contributed by atoms with Crippen molar-refractivity contribution in [3.8, 4) is 0 Å². The maximum Gasteiger partial charge on any atom is 0.222 e. The number of piperidine rings is 1. The van der Waals surface area contributed by atoms with Crippen LogP contribution in [0.4, 0.5) is 5.95 Å². The molecule has 1 atom stereocenters. The van der Waals surface area contributed by atoms with Gasteiger partial charge in [0.15, 0.2) is 0 Å². The predicted molar refractivity (Wildman–Crippen MR) is 88.8 cm³/mol. The van der Waals surface area contributed by atoms with Crippen LogP contribution in [0.5, 0.6) is 0 Å². The first-order valence-corrected chi connectivity index (χ1v) is 8.15. The molecule has 1 aromatic rings. The fourth-order valence-electron chi connectivity index (χ4n) is 3.08. The fraction of sp³-hybridized carbons (Fsp3) is 0.750. The summed E-state index contributed by atoms with van der Waals surface area (Å²) in [6.45, 7) is 6.24. The van der Waals surface area contributed by atoms with Gasteiger partial charge in [-0.2, -0.15) is 0 Å². The molecule has 2 heterocycles. The molecule has 0 unspecified atom stereocenters. The van der Waals surface area contributed by atoms with E-state index in [1.165, 1.54) is 0 Å². The summed E-state index contributed by atoms with van der Waals surface area (Å²) < 4.78 is 0. The van der Waals surface area contributed by atoms with Gasteiger partial charge in [0.1, 0.15) is 0 Å². The first-order valence-electron chi connectivity index (χ1n) is 8.15. The minimum atomic E-state index is -0.606. The molecule has 0 saturated carbocycles. The van der Waals surface area contributed by atoms with Crippen molar-refractivity contribution in [3.05, 3.63) is 18.0 Å². The van der Waals surface area contributed by atoms with E-state index >= 15 is 0 Å². The molecule has 6 heteroatoms. The van der Waals surface area contributed by atoms with Crippen molar-refractivity contribution in [1.82, 2.24) is 19.8 Å². The molecule has 1 aliphatic heterocycles. The smallest absolute Gasteiger partial charge is 0.222 e. The summed E-state index contributed by atoms with van der Waals surface area (Å²) in [4.78, 5) is 13.0. The van der Waals surface area contributed by atoms with Gasteiger partial charge in [-0.15, -0.1) is 0 Å². The van der Waals surface area contributed by atoms with Crippen molar-refractivity contribution in [3.63, 3.8) is 0 Å². The van der Waals surface area contributed by atoms with Crippen LogP contribution < -0.4 is 5.32 Å². The summed E-state index contributed by atoms with van der Waals surface area (Å²) in [5.41, 5.74) is 0.488. The molecule has 1 fully saturated rings. The monoisotopic (exact) mass is 307 g/mol. The van der Waals surface area contributed by atoms with Gasteiger partial charge in [0.2, 0.25) is 5.95 Å². The van der Waals surface area contributed by atoms with E-state index in [1.54, 1.807) is 0 Å². The normalized spacial score (nSPS) is 23.0. The Labute approximate surface area is 133 Å². The number of nitrogens with one attached hydrogen (secondary N) is 1. The Kier molecular flexibility index (Phi) is 6.11. The van der Waals surface area contributed by atoms with Crippen LogP contribution in [0.15, 0.2) is 12.4 Å². The van der Waals surface area contributed by atoms with E-state index in [4.69, 9.17) is 0 Å². The Morgan fingerprint density at radius 2 is 2.09 bits per heavy atom. The van der Waals surface area contributed by atoms with Crippen LogP contribution in [0, 0.1) is 0 Å². The van der Waals surface area contributed by atoms with Gasteiger partial charge in [0, 0.05) is 44.1 Å². The van der Waals surface area contributed by atoms with Crippen LogP contribution in [-0.4, -0.2) is 70.7 Å². The maximum atomic E-state index is 10.7. The lowest BCUT2D eigenvalue weighted by Gasteiger charge is -2.40. The standard InChI is InChI=1S/C16H29N5O/c1-4-7-17-15-18-9-14(10-19-15)11-21-8-5-6-16(22,13-21)12-20(2)3/h9-10,22H,4-8,11-13H2,1-3H3,(H,17,18,19)/t16-/m1/s1. The zero-order valence-corrected chi connectivity index (χ0v) is 14.0. The third-order valence-corrected chi connectivity index (χ3v) is 3.89. The Morgan fingerprint density at radius 1 is 1.36 bits per heavy atom. The van der Waals surface area contributed by atoms with Gasteiger partial charge in [-0.1, -0.05) is 6.92 Å². The van der Waals surface area contributed by atoms with Crippen molar-refractivity contribution in [2.24, 2.45) is 0 Å². The quantitative estimate of drug-likeness (QED) is 0.789. The molecular formula is C16H29N5O. The lowest BCUT2D eigenvalue weighted by atomic mass is 9.92. The minimum Gasteiger partial charge on any atom is -0.387 e. The van der Waals surface area contributed by atoms with Crippen LogP contribution in [0.1, 0.15) is 31.7 Å². The number of likely N-dealkylation sites (N-methyl/N-ethyl adjacent to an activating group) is 1. The molecule has 1 aliphatic rings. The van der Waals surface area contributed by atoms with Crippen LogP contribution in [0.2, 0.25) is 0 Å². The van der Waals surface area contributed by atoms with E-state index in [2.05, 4.69) is 32.0 Å². The number of rotatable bonds is 7. The molecule has 1 saturated heterocycles. The van der Waals surface area contributed by atoms with Crippen molar-refractivity contribution in [1.29, 1.82) is 0 Å². The van der Waals surface area contributed by atoms with Gasteiger partial charge in [0.05, 0.1) is 5.60 Å². The largest absolute Gasteiger partial charge is 0.387 e. The Hall–Kier alpha value is -1.24. The molecule has 0 spiro atoms. The van der Waals surface area contributed by atoms with Crippen molar-refractivity contribution < 1.29 is 5.11 Å². The molecule has 1 aromatic heterocycles. The van der Waals surface area contributed by atoms with Gasteiger partial charge in [-0.05, 0) is 39.9 Å². The molecule has 0 amide bonds. The second-order valence-corrected chi connectivity index (χ2v) is 6.62. The minimum absolute atomic E-state index is 0.606. The third-order valence-electron chi connectivity index (χ3n) is 3.89. The van der Waals surface area contributed by atoms with Crippen LogP contribution in [-0.2, 0) is 6.54 Å². The van der Waals surface area contributed by atoms with E-state index < -0.39 is 5.60 Å². The van der Waals surface area contributed by atoms with E-state index in [0.29, 0.717) is 19.0 Å². The molecule has 124 valence electrons. The number of anilines is 1. The first kappa shape index (κ1) is 17.1. The number of hydrogen-bond donors (Lipinski definition) is 2. The summed E-state index contributed by atoms with van der Waals surface area (Å²) in [5.74, 6) is 0.688. The van der Waals surface area contributed by atoms with E-state index in [0.717, 1.165) is 44.5 Å². The van der Waals surface area contributed by atoms with Gasteiger partial charge >= 0.3 is 0 Å². The molecule has 0 bridgehead atoms. The van der Waals surface area contributed by atoms with Crippen molar-refractivity contribution in [2.45, 2.75) is 38.3 Å². The number of aliphatic hydroxyl groups is 1. The third kappa shape index (κ3) is 5.19. The fourth-order valence-corrected chi connectivity index (χ4v) is 3.08. The van der Waals surface area contributed by atoms with E-state index in [1.807, 2.05) is 26.5 Å². The number of nitrogens with zero attached hydrogens (tertiary/aromatic N) is 4. The first-order chi connectivity index (χ1) is 10.5. The highest BCUT2D eigenvalue weighted by molar-refractivity contribution is 5.24. The highest BCUT2D eigenvalue weighted by atomic mass is 16.3. The van der Waals surface area contributed by atoms with Crippen LogP contribution >= 0.6 is 0 Å². The number of aromatic nitrogens is 2. The SMILES string of the molecule is CCCNc1ncc(CN2CCC[C@@](O)(CN(C)C)C2)cn1. The molecule has 0 radical (unpaired) electrons. The zero-order valence-electron chi connectivity index (χ0n) is 14.0. The average Bonchev–Trinajstić information content (AvgIpc) is 2.45. The summed E-state index contributed by atoms with van der Waals surface area (Å²) >= 11 is 0. The van der Waals surface area contributed by atoms with Crippen molar-refractivity contribution >= 4 is 5.95 Å². The Morgan fingerprint density at radius 3 is 2.73 bits per heavy atom. The molecule has 2 rings (SSSR count). The van der Waals surface area contributed by atoms with Crippen molar-refractivity contribution in [2.75, 3.05) is 45.6 Å².